The maximum Gasteiger partial charge on any atom is 0.255 e. The smallest absolute Gasteiger partial charge is 0.255 e. The molecule has 8 nitrogen and oxygen atoms in total. The van der Waals surface area contributed by atoms with E-state index in [-0.39, 0.29) is 5.57 Å². The van der Waals surface area contributed by atoms with E-state index in [9.17, 15) is 9.59 Å². The molecule has 0 aliphatic carbocycles. The number of hydrogen-bond donors (Lipinski definition) is 2. The lowest BCUT2D eigenvalue weighted by atomic mass is 9.99. The predicted octanol–water partition coefficient (Wildman–Crippen LogP) is 1.26. The summed E-state index contributed by atoms with van der Waals surface area (Å²) in [5.41, 5.74) is 7.92. The largest absolute Gasteiger partial charge is 0.366 e. The molecule has 28 heavy (non-hydrogen) atoms. The molecule has 142 valence electrons. The highest BCUT2D eigenvalue weighted by Crippen LogP contribution is 2.21. The summed E-state index contributed by atoms with van der Waals surface area (Å²) in [6.07, 6.45) is 4.83. The summed E-state index contributed by atoms with van der Waals surface area (Å²) in [4.78, 5) is 32.7. The number of aryl methyl sites for hydroxylation is 1. The van der Waals surface area contributed by atoms with Gasteiger partial charge in [0, 0.05) is 18.8 Å². The first-order valence-corrected chi connectivity index (χ1v) is 8.59. The molecule has 0 aliphatic rings. The Balaban J connectivity index is 1.89. The summed E-state index contributed by atoms with van der Waals surface area (Å²) in [6, 6.07) is 10.5. The van der Waals surface area contributed by atoms with Crippen LogP contribution in [0.4, 0.5) is 0 Å². The Bertz CT molecular complexity index is 998. The van der Waals surface area contributed by atoms with Crippen LogP contribution in [-0.4, -0.2) is 37.6 Å². The van der Waals surface area contributed by atoms with E-state index >= 15 is 0 Å². The molecule has 1 aromatic carbocycles. The molecule has 2 heterocycles. The van der Waals surface area contributed by atoms with Crippen LogP contribution >= 0.6 is 0 Å². The second kappa shape index (κ2) is 8.26. The summed E-state index contributed by atoms with van der Waals surface area (Å²) in [7, 11) is 1.72. The van der Waals surface area contributed by atoms with Gasteiger partial charge in [0.05, 0.1) is 29.2 Å². The van der Waals surface area contributed by atoms with Crippen LogP contribution < -0.4 is 11.1 Å². The molecule has 1 unspecified atom stereocenters. The van der Waals surface area contributed by atoms with Crippen LogP contribution in [0.2, 0.25) is 0 Å². The van der Waals surface area contributed by atoms with Crippen molar-refractivity contribution < 1.29 is 9.59 Å². The fourth-order valence-corrected chi connectivity index (χ4v) is 2.86. The topological polar surface area (TPSA) is 116 Å². The minimum Gasteiger partial charge on any atom is -0.366 e. The van der Waals surface area contributed by atoms with Gasteiger partial charge in [0.2, 0.25) is 5.91 Å². The minimum atomic E-state index is -0.663. The van der Waals surface area contributed by atoms with Crippen molar-refractivity contribution >= 4 is 11.8 Å². The van der Waals surface area contributed by atoms with Gasteiger partial charge in [-0.15, -0.1) is 0 Å². The first kappa shape index (κ1) is 19.0. The van der Waals surface area contributed by atoms with E-state index in [4.69, 9.17) is 5.73 Å². The Labute approximate surface area is 162 Å². The van der Waals surface area contributed by atoms with E-state index in [2.05, 4.69) is 27.0 Å². The quantitative estimate of drug-likeness (QED) is 0.602. The molecule has 3 N–H and O–H groups in total. The zero-order chi connectivity index (χ0) is 20.1. The van der Waals surface area contributed by atoms with Gasteiger partial charge in [-0.25, -0.2) is 9.97 Å². The number of primary amides is 1. The number of rotatable bonds is 7. The Morgan fingerprint density at radius 1 is 1.25 bits per heavy atom. The highest BCUT2D eigenvalue weighted by atomic mass is 16.2. The van der Waals surface area contributed by atoms with Gasteiger partial charge in [0.1, 0.15) is 6.33 Å². The average molecular weight is 376 g/mol. The highest BCUT2D eigenvalue weighted by Gasteiger charge is 2.24. The molecule has 8 heteroatoms. The van der Waals surface area contributed by atoms with Gasteiger partial charge in [-0.3, -0.25) is 14.3 Å². The number of nitrogens with zero attached hydrogens (tertiary/aromatic N) is 4. The van der Waals surface area contributed by atoms with Gasteiger partial charge in [-0.05, 0) is 18.1 Å². The van der Waals surface area contributed by atoms with E-state index in [1.807, 2.05) is 30.3 Å². The van der Waals surface area contributed by atoms with Crippen LogP contribution in [0.3, 0.4) is 0 Å². The number of nitrogens with two attached hydrogens (primary N) is 1. The van der Waals surface area contributed by atoms with E-state index in [0.29, 0.717) is 23.4 Å². The van der Waals surface area contributed by atoms with Crippen molar-refractivity contribution in [1.82, 2.24) is 25.1 Å². The third kappa shape index (κ3) is 4.12. The van der Waals surface area contributed by atoms with Gasteiger partial charge in [-0.2, -0.15) is 5.10 Å². The van der Waals surface area contributed by atoms with Gasteiger partial charge < -0.3 is 11.1 Å². The summed E-state index contributed by atoms with van der Waals surface area (Å²) in [5.74, 6) is -1.06. The zero-order valence-electron chi connectivity index (χ0n) is 15.4. The fraction of sp³-hybridized carbons (Fsp3) is 0.150. The van der Waals surface area contributed by atoms with Crippen molar-refractivity contribution in [2.75, 3.05) is 0 Å². The Morgan fingerprint density at radius 3 is 2.64 bits per heavy atom. The summed E-state index contributed by atoms with van der Waals surface area (Å²) < 4.78 is 1.56. The lowest BCUT2D eigenvalue weighted by Crippen LogP contribution is -2.41. The van der Waals surface area contributed by atoms with Crippen LogP contribution in [0.15, 0.2) is 67.3 Å². The molecule has 3 rings (SSSR count). The third-order valence-electron chi connectivity index (χ3n) is 4.33. The number of amides is 2. The fourth-order valence-electron chi connectivity index (χ4n) is 2.86. The van der Waals surface area contributed by atoms with Crippen molar-refractivity contribution in [2.45, 2.75) is 12.5 Å². The minimum absolute atomic E-state index is 0.129. The van der Waals surface area contributed by atoms with Gasteiger partial charge in [-0.1, -0.05) is 36.9 Å². The molecule has 1 atom stereocenters. The monoisotopic (exact) mass is 376 g/mol. The van der Waals surface area contributed by atoms with Crippen LogP contribution in [-0.2, 0) is 18.3 Å². The number of carbonyl (C=O) groups excluding carboxylic acids is 2. The molecule has 0 fully saturated rings. The SMILES string of the molecule is C=C(C(N)=O)C(Cc1ccccc1)NC(=O)c1cnn(C)c1-c1ccncn1. The third-order valence-corrected chi connectivity index (χ3v) is 4.33. The summed E-state index contributed by atoms with van der Waals surface area (Å²) in [6.45, 7) is 3.75. The molecule has 0 saturated heterocycles. The number of aromatic nitrogens is 4. The molecular weight excluding hydrogens is 356 g/mol. The second-order valence-electron chi connectivity index (χ2n) is 6.23. The molecule has 3 aromatic rings. The van der Waals surface area contributed by atoms with E-state index in [1.54, 1.807) is 24.0 Å². The molecule has 0 saturated carbocycles. The molecule has 2 aromatic heterocycles. The maximum absolute atomic E-state index is 13.0. The maximum atomic E-state index is 13.0. The van der Waals surface area contributed by atoms with Gasteiger partial charge >= 0.3 is 0 Å². The molecule has 0 bridgehead atoms. The lowest BCUT2D eigenvalue weighted by Gasteiger charge is -2.19. The van der Waals surface area contributed by atoms with Crippen LogP contribution in [0.25, 0.3) is 11.4 Å². The van der Waals surface area contributed by atoms with E-state index in [0.717, 1.165) is 5.56 Å². The van der Waals surface area contributed by atoms with Gasteiger partial charge in [0.15, 0.2) is 0 Å². The molecule has 2 amide bonds. The molecule has 0 spiro atoms. The lowest BCUT2D eigenvalue weighted by molar-refractivity contribution is -0.114. The molecule has 0 aliphatic heterocycles. The molecular formula is C20H20N6O2. The molecule has 0 radical (unpaired) electrons. The Kier molecular flexibility index (Phi) is 5.59. The normalized spacial score (nSPS) is 11.6. The highest BCUT2D eigenvalue weighted by molar-refractivity contribution is 6.01. The van der Waals surface area contributed by atoms with Crippen molar-refractivity contribution in [3.8, 4) is 11.4 Å². The number of nitrogens with one attached hydrogen (secondary N) is 1. The van der Waals surface area contributed by atoms with Crippen molar-refractivity contribution in [2.24, 2.45) is 12.8 Å². The first-order valence-electron chi connectivity index (χ1n) is 8.59. The van der Waals surface area contributed by atoms with Crippen molar-refractivity contribution in [3.05, 3.63) is 78.4 Å². The van der Waals surface area contributed by atoms with Crippen molar-refractivity contribution in [1.29, 1.82) is 0 Å². The number of carbonyl (C=O) groups is 2. The summed E-state index contributed by atoms with van der Waals surface area (Å²) in [5, 5.41) is 7.02. The Morgan fingerprint density at radius 2 is 2.00 bits per heavy atom. The van der Waals surface area contributed by atoms with Crippen molar-refractivity contribution in [3.63, 3.8) is 0 Å². The predicted molar refractivity (Wildman–Crippen MR) is 104 cm³/mol. The number of hydrogen-bond acceptors (Lipinski definition) is 5. The standard InChI is InChI=1S/C20H20N6O2/c1-13(19(21)27)17(10-14-6-4-3-5-7-14)25-20(28)15-11-24-26(2)18(15)16-8-9-22-12-23-16/h3-9,11-12,17H,1,10H2,2H3,(H2,21,27)(H,25,28). The summed E-state index contributed by atoms with van der Waals surface area (Å²) >= 11 is 0. The van der Waals surface area contributed by atoms with Gasteiger partial charge in [0.25, 0.3) is 5.91 Å². The van der Waals surface area contributed by atoms with Crippen LogP contribution in [0.1, 0.15) is 15.9 Å². The van der Waals surface area contributed by atoms with Crippen LogP contribution in [0, 0.1) is 0 Å². The van der Waals surface area contributed by atoms with E-state index < -0.39 is 17.9 Å². The van der Waals surface area contributed by atoms with E-state index in [1.165, 1.54) is 12.5 Å². The second-order valence-corrected chi connectivity index (χ2v) is 6.23. The Hall–Kier alpha value is -3.81. The average Bonchev–Trinajstić information content (AvgIpc) is 3.09. The van der Waals surface area contributed by atoms with Crippen LogP contribution in [0.5, 0.6) is 0 Å². The first-order chi connectivity index (χ1) is 13.5. The number of benzene rings is 1. The zero-order valence-corrected chi connectivity index (χ0v) is 15.4.